The van der Waals surface area contributed by atoms with Gasteiger partial charge in [0.1, 0.15) is 0 Å². The minimum atomic E-state index is -3.11. The van der Waals surface area contributed by atoms with Crippen molar-refractivity contribution in [3.05, 3.63) is 17.5 Å². The minimum Gasteiger partial charge on any atom is -0.356 e. The molecule has 1 heterocycles. The highest BCUT2D eigenvalue weighted by atomic mass is 32.2. The topological polar surface area (TPSA) is 100 Å². The largest absolute Gasteiger partial charge is 0.356 e. The second kappa shape index (κ2) is 9.51. The molecule has 0 spiro atoms. The van der Waals surface area contributed by atoms with E-state index in [2.05, 4.69) is 38.4 Å². The van der Waals surface area contributed by atoms with Crippen molar-refractivity contribution in [3.8, 4) is 0 Å². The average molecular weight is 344 g/mol. The lowest BCUT2D eigenvalue weighted by Gasteiger charge is -2.12. The number of aromatic nitrogens is 2. The number of hydrogen-bond acceptors (Lipinski definition) is 4. The van der Waals surface area contributed by atoms with E-state index in [1.165, 1.54) is 5.69 Å². The molecule has 9 heteroatoms. The maximum atomic E-state index is 10.9. The van der Waals surface area contributed by atoms with Crippen LogP contribution in [0.4, 0.5) is 0 Å². The number of nitrogens with zero attached hydrogens (tertiary/aromatic N) is 3. The highest BCUT2D eigenvalue weighted by Gasteiger charge is 2.02. The van der Waals surface area contributed by atoms with E-state index in [1.807, 2.05) is 11.6 Å². The third-order valence-corrected chi connectivity index (χ3v) is 3.90. The van der Waals surface area contributed by atoms with Gasteiger partial charge in [0.05, 0.1) is 11.9 Å². The molecule has 23 heavy (non-hydrogen) atoms. The number of guanidine groups is 1. The van der Waals surface area contributed by atoms with E-state index in [0.29, 0.717) is 19.5 Å². The second-order valence-corrected chi connectivity index (χ2v) is 7.28. The Kier molecular flexibility index (Phi) is 8.04. The molecule has 0 aromatic carbocycles. The van der Waals surface area contributed by atoms with Gasteiger partial charge in [-0.2, -0.15) is 5.10 Å². The lowest BCUT2D eigenvalue weighted by Crippen LogP contribution is -2.39. The van der Waals surface area contributed by atoms with Crippen LogP contribution in [0.3, 0.4) is 0 Å². The van der Waals surface area contributed by atoms with Crippen molar-refractivity contribution in [1.82, 2.24) is 25.1 Å². The van der Waals surface area contributed by atoms with Gasteiger partial charge in [-0.1, -0.05) is 0 Å². The summed E-state index contributed by atoms with van der Waals surface area (Å²) < 4.78 is 26.3. The lowest BCUT2D eigenvalue weighted by molar-refractivity contribution is 0.554. The number of nitrogens with one attached hydrogen (secondary N) is 3. The first-order chi connectivity index (χ1) is 10.8. The first-order valence-electron chi connectivity index (χ1n) is 7.72. The van der Waals surface area contributed by atoms with E-state index in [4.69, 9.17) is 0 Å². The number of rotatable bonds is 9. The van der Waals surface area contributed by atoms with E-state index in [1.54, 1.807) is 7.05 Å². The van der Waals surface area contributed by atoms with Crippen LogP contribution in [0.5, 0.6) is 0 Å². The minimum absolute atomic E-state index is 0.417. The molecule has 0 amide bonds. The number of aliphatic imine (C=N–C) groups is 1. The number of sulfonamides is 1. The summed E-state index contributed by atoms with van der Waals surface area (Å²) in [5, 5.41) is 10.8. The Hall–Kier alpha value is -1.61. The molecule has 0 unspecified atom stereocenters. The summed E-state index contributed by atoms with van der Waals surface area (Å²) in [7, 11) is -1.39. The smallest absolute Gasteiger partial charge is 0.208 e. The van der Waals surface area contributed by atoms with E-state index in [0.717, 1.165) is 37.4 Å². The molecular weight excluding hydrogens is 316 g/mol. The van der Waals surface area contributed by atoms with Gasteiger partial charge in [-0.25, -0.2) is 13.1 Å². The van der Waals surface area contributed by atoms with Crippen LogP contribution in [-0.4, -0.2) is 57.1 Å². The Balaban J connectivity index is 2.15. The van der Waals surface area contributed by atoms with Crippen molar-refractivity contribution in [2.75, 3.05) is 32.9 Å². The Morgan fingerprint density at radius 2 is 1.87 bits per heavy atom. The molecule has 8 nitrogen and oxygen atoms in total. The van der Waals surface area contributed by atoms with Gasteiger partial charge in [0.25, 0.3) is 0 Å². The summed E-state index contributed by atoms with van der Waals surface area (Å²) in [5.74, 6) is 0.720. The predicted molar refractivity (Wildman–Crippen MR) is 93.1 cm³/mol. The lowest BCUT2D eigenvalue weighted by atomic mass is 10.4. The van der Waals surface area contributed by atoms with Crippen molar-refractivity contribution in [3.63, 3.8) is 0 Å². The van der Waals surface area contributed by atoms with Gasteiger partial charge in [0.15, 0.2) is 5.96 Å². The Morgan fingerprint density at radius 3 is 2.39 bits per heavy atom. The molecule has 0 aliphatic heterocycles. The van der Waals surface area contributed by atoms with Crippen LogP contribution in [0, 0.1) is 13.8 Å². The highest BCUT2D eigenvalue weighted by molar-refractivity contribution is 7.88. The Bertz CT molecular complexity index is 609. The van der Waals surface area contributed by atoms with Crippen molar-refractivity contribution in [2.45, 2.75) is 33.2 Å². The van der Waals surface area contributed by atoms with E-state index in [-0.39, 0.29) is 0 Å². The SMILES string of the molecule is CN=C(NCCCNS(C)(=O)=O)NCCCn1nc(C)cc1C. The first-order valence-corrected chi connectivity index (χ1v) is 9.61. The van der Waals surface area contributed by atoms with Crippen molar-refractivity contribution < 1.29 is 8.42 Å². The zero-order valence-electron chi connectivity index (χ0n) is 14.4. The van der Waals surface area contributed by atoms with E-state index in [9.17, 15) is 8.42 Å². The molecular formula is C14H28N6O2S. The number of hydrogen-bond donors (Lipinski definition) is 3. The Labute approximate surface area is 138 Å². The molecule has 0 aliphatic rings. The van der Waals surface area contributed by atoms with Crippen LogP contribution in [-0.2, 0) is 16.6 Å². The third-order valence-electron chi connectivity index (χ3n) is 3.18. The monoisotopic (exact) mass is 344 g/mol. The zero-order valence-corrected chi connectivity index (χ0v) is 15.2. The van der Waals surface area contributed by atoms with Gasteiger partial charge < -0.3 is 10.6 Å². The fourth-order valence-electron chi connectivity index (χ4n) is 2.11. The van der Waals surface area contributed by atoms with E-state index >= 15 is 0 Å². The third kappa shape index (κ3) is 8.56. The quantitative estimate of drug-likeness (QED) is 0.332. The van der Waals surface area contributed by atoms with Crippen LogP contribution in [0.1, 0.15) is 24.2 Å². The summed E-state index contributed by atoms with van der Waals surface area (Å²) in [5.41, 5.74) is 2.21. The predicted octanol–water partition coefficient (Wildman–Crippen LogP) is -0.00566. The molecule has 1 aromatic rings. The molecule has 132 valence electrons. The van der Waals surface area contributed by atoms with Gasteiger partial charge in [-0.3, -0.25) is 9.67 Å². The standard InChI is InChI=1S/C14H28N6O2S/c1-12-11-13(2)20(19-12)10-6-8-17-14(15-3)16-7-5-9-18-23(4,21)22/h11,18H,5-10H2,1-4H3,(H2,15,16,17). The van der Waals surface area contributed by atoms with Gasteiger partial charge in [-0.15, -0.1) is 0 Å². The summed E-state index contributed by atoms with van der Waals surface area (Å²) in [6.07, 6.45) is 2.79. The van der Waals surface area contributed by atoms with Crippen LogP contribution in [0.15, 0.2) is 11.1 Å². The molecule has 1 rings (SSSR count). The van der Waals surface area contributed by atoms with Crippen LogP contribution >= 0.6 is 0 Å². The summed E-state index contributed by atoms with van der Waals surface area (Å²) >= 11 is 0. The van der Waals surface area contributed by atoms with Gasteiger partial charge >= 0.3 is 0 Å². The second-order valence-electron chi connectivity index (χ2n) is 5.45. The number of aryl methyl sites for hydroxylation is 3. The molecule has 0 fully saturated rings. The summed E-state index contributed by atoms with van der Waals surface area (Å²) in [4.78, 5) is 4.13. The summed E-state index contributed by atoms with van der Waals surface area (Å²) in [6.45, 7) is 6.77. The fraction of sp³-hybridized carbons (Fsp3) is 0.714. The normalized spacial score (nSPS) is 12.4. The van der Waals surface area contributed by atoms with Gasteiger partial charge in [-0.05, 0) is 32.8 Å². The maximum absolute atomic E-state index is 10.9. The highest BCUT2D eigenvalue weighted by Crippen LogP contribution is 2.02. The molecule has 0 radical (unpaired) electrons. The van der Waals surface area contributed by atoms with E-state index < -0.39 is 10.0 Å². The van der Waals surface area contributed by atoms with Crippen molar-refractivity contribution >= 4 is 16.0 Å². The van der Waals surface area contributed by atoms with Crippen molar-refractivity contribution in [2.24, 2.45) is 4.99 Å². The summed E-state index contributed by atoms with van der Waals surface area (Å²) in [6, 6.07) is 2.07. The van der Waals surface area contributed by atoms with Crippen LogP contribution in [0.2, 0.25) is 0 Å². The van der Waals surface area contributed by atoms with Gasteiger partial charge in [0.2, 0.25) is 10.0 Å². The molecule has 0 saturated carbocycles. The Morgan fingerprint density at radius 1 is 1.22 bits per heavy atom. The zero-order chi connectivity index (χ0) is 17.3. The molecule has 0 atom stereocenters. The average Bonchev–Trinajstić information content (AvgIpc) is 2.77. The molecule has 0 saturated heterocycles. The molecule has 1 aromatic heterocycles. The first kappa shape index (κ1) is 19.4. The van der Waals surface area contributed by atoms with Crippen LogP contribution < -0.4 is 15.4 Å². The molecule has 0 bridgehead atoms. The molecule has 0 aliphatic carbocycles. The fourth-order valence-corrected chi connectivity index (χ4v) is 2.63. The molecule has 3 N–H and O–H groups in total. The maximum Gasteiger partial charge on any atom is 0.208 e. The van der Waals surface area contributed by atoms with Gasteiger partial charge in [0, 0.05) is 38.9 Å². The van der Waals surface area contributed by atoms with Crippen LogP contribution in [0.25, 0.3) is 0 Å². The van der Waals surface area contributed by atoms with Crippen molar-refractivity contribution in [1.29, 1.82) is 0 Å².